The summed E-state index contributed by atoms with van der Waals surface area (Å²) >= 11 is 0. The summed E-state index contributed by atoms with van der Waals surface area (Å²) in [6, 6.07) is 3.87. The third-order valence-electron chi connectivity index (χ3n) is 2.27. The first-order valence-electron chi connectivity index (χ1n) is 6.05. The molecule has 5 nitrogen and oxygen atoms in total. The van der Waals surface area contributed by atoms with Gasteiger partial charge >= 0.3 is 7.60 Å². The van der Waals surface area contributed by atoms with Gasteiger partial charge in [0.05, 0.1) is 13.2 Å². The fraction of sp³-hybridized carbons (Fsp3) is 0.583. The van der Waals surface area contributed by atoms with Gasteiger partial charge in [-0.3, -0.25) is 14.4 Å². The van der Waals surface area contributed by atoms with Crippen molar-refractivity contribution in [3.8, 4) is 0 Å². The van der Waals surface area contributed by atoms with Gasteiger partial charge < -0.3 is 9.05 Å². The summed E-state index contributed by atoms with van der Waals surface area (Å²) in [6.07, 6.45) is 3.78. The van der Waals surface area contributed by atoms with Gasteiger partial charge in [0.1, 0.15) is 6.29 Å². The highest BCUT2D eigenvalue weighted by Gasteiger charge is 2.25. The molecule has 0 aromatic carbocycles. The number of hydrogen-bond acceptors (Lipinski definition) is 5. The average Bonchev–Trinajstić information content (AvgIpc) is 2.30. The third kappa shape index (κ3) is 5.27. The molecule has 0 amide bonds. The van der Waals surface area contributed by atoms with Crippen LogP contribution in [-0.4, -0.2) is 36.4 Å². The lowest BCUT2D eigenvalue weighted by Gasteiger charge is -2.23. The molecule has 0 bridgehead atoms. The van der Waals surface area contributed by atoms with Crippen LogP contribution in [0.5, 0.6) is 0 Å². The van der Waals surface area contributed by atoms with E-state index in [9.17, 15) is 4.57 Å². The van der Waals surface area contributed by atoms with E-state index in [4.69, 9.17) is 9.05 Å². The fourth-order valence-corrected chi connectivity index (χ4v) is 3.37. The molecular formula is C12H21N2O3P. The van der Waals surface area contributed by atoms with Crippen LogP contribution < -0.4 is 0 Å². The van der Waals surface area contributed by atoms with Crippen LogP contribution in [0.3, 0.4) is 0 Å². The number of pyridine rings is 1. The highest BCUT2D eigenvalue weighted by molar-refractivity contribution is 7.53. The Balaban J connectivity index is 2.56. The van der Waals surface area contributed by atoms with Crippen LogP contribution in [0.25, 0.3) is 0 Å². The molecule has 0 saturated carbocycles. The molecule has 0 saturated heterocycles. The minimum Gasteiger partial charge on any atom is -0.308 e. The molecule has 1 aromatic rings. The topological polar surface area (TPSA) is 51.7 Å². The Kier molecular flexibility index (Phi) is 6.50. The summed E-state index contributed by atoms with van der Waals surface area (Å²) in [4.78, 5) is 5.90. The van der Waals surface area contributed by atoms with Gasteiger partial charge in [0.15, 0.2) is 0 Å². The Labute approximate surface area is 109 Å². The minimum atomic E-state index is -3.00. The number of hydrogen-bond donors (Lipinski definition) is 0. The molecule has 102 valence electrons. The molecule has 0 radical (unpaired) electrons. The number of rotatable bonds is 8. The van der Waals surface area contributed by atoms with Crippen molar-refractivity contribution in [3.63, 3.8) is 0 Å². The predicted molar refractivity (Wildman–Crippen MR) is 71.4 cm³/mol. The SMILES string of the molecule is CCOP(=O)(CN(C)Cc1ccncc1)OCC. The van der Waals surface area contributed by atoms with Crippen LogP contribution in [0.1, 0.15) is 19.4 Å². The summed E-state index contributed by atoms with van der Waals surface area (Å²) in [6.45, 7) is 5.09. The first kappa shape index (κ1) is 15.3. The van der Waals surface area contributed by atoms with Gasteiger partial charge in [-0.25, -0.2) is 0 Å². The van der Waals surface area contributed by atoms with Gasteiger partial charge in [0, 0.05) is 18.9 Å². The Morgan fingerprint density at radius 3 is 2.28 bits per heavy atom. The van der Waals surface area contributed by atoms with E-state index in [1.165, 1.54) is 0 Å². The van der Waals surface area contributed by atoms with Gasteiger partial charge in [0.25, 0.3) is 0 Å². The molecule has 0 aliphatic carbocycles. The van der Waals surface area contributed by atoms with Crippen LogP contribution >= 0.6 is 7.60 Å². The maximum absolute atomic E-state index is 12.3. The van der Waals surface area contributed by atoms with E-state index in [1.807, 2.05) is 37.9 Å². The Hall–Kier alpha value is -0.740. The van der Waals surface area contributed by atoms with Crippen molar-refractivity contribution >= 4 is 7.60 Å². The summed E-state index contributed by atoms with van der Waals surface area (Å²) in [5.41, 5.74) is 1.12. The van der Waals surface area contributed by atoms with Gasteiger partial charge in [-0.1, -0.05) is 0 Å². The summed E-state index contributed by atoms with van der Waals surface area (Å²) < 4.78 is 22.8. The standard InChI is InChI=1S/C12H21N2O3P/c1-4-16-18(15,17-5-2)11-14(3)10-12-6-8-13-9-7-12/h6-9H,4-5,10-11H2,1-3H3. The van der Waals surface area contributed by atoms with Crippen molar-refractivity contribution in [2.24, 2.45) is 0 Å². The largest absolute Gasteiger partial charge is 0.344 e. The molecule has 0 N–H and O–H groups in total. The van der Waals surface area contributed by atoms with Crippen LogP contribution in [0.4, 0.5) is 0 Å². The van der Waals surface area contributed by atoms with Crippen LogP contribution in [0.2, 0.25) is 0 Å². The molecule has 0 spiro atoms. The Morgan fingerprint density at radius 2 is 1.78 bits per heavy atom. The zero-order valence-corrected chi connectivity index (χ0v) is 12.1. The van der Waals surface area contributed by atoms with Gasteiger partial charge in [-0.2, -0.15) is 0 Å². The molecule has 1 heterocycles. The maximum atomic E-state index is 12.3. The van der Waals surface area contributed by atoms with E-state index in [0.717, 1.165) is 5.56 Å². The van der Waals surface area contributed by atoms with Gasteiger partial charge in [0.2, 0.25) is 0 Å². The third-order valence-corrected chi connectivity index (χ3v) is 4.40. The summed E-state index contributed by atoms with van der Waals surface area (Å²) in [5.74, 6) is 0. The molecule has 0 unspecified atom stereocenters. The minimum absolute atomic E-state index is 0.289. The van der Waals surface area contributed by atoms with Crippen LogP contribution in [-0.2, 0) is 20.2 Å². The molecule has 0 aliphatic rings. The van der Waals surface area contributed by atoms with Crippen molar-refractivity contribution in [1.29, 1.82) is 0 Å². The van der Waals surface area contributed by atoms with E-state index in [0.29, 0.717) is 19.8 Å². The molecular weight excluding hydrogens is 251 g/mol. The normalized spacial score (nSPS) is 12.0. The second-order valence-electron chi connectivity index (χ2n) is 3.96. The average molecular weight is 272 g/mol. The lowest BCUT2D eigenvalue weighted by atomic mass is 10.3. The monoisotopic (exact) mass is 272 g/mol. The first-order valence-corrected chi connectivity index (χ1v) is 7.78. The van der Waals surface area contributed by atoms with Crippen molar-refractivity contribution in [2.75, 3.05) is 26.5 Å². The smallest absolute Gasteiger partial charge is 0.308 e. The second-order valence-corrected chi connectivity index (χ2v) is 5.98. The van der Waals surface area contributed by atoms with Crippen molar-refractivity contribution in [2.45, 2.75) is 20.4 Å². The number of nitrogens with zero attached hydrogens (tertiary/aromatic N) is 2. The van der Waals surface area contributed by atoms with Crippen molar-refractivity contribution in [1.82, 2.24) is 9.88 Å². The molecule has 0 fully saturated rings. The van der Waals surface area contributed by atoms with E-state index in [-0.39, 0.29) is 6.29 Å². The molecule has 1 rings (SSSR count). The van der Waals surface area contributed by atoms with Gasteiger partial charge in [-0.05, 0) is 38.6 Å². The quantitative estimate of drug-likeness (QED) is 0.681. The lowest BCUT2D eigenvalue weighted by molar-refractivity contribution is 0.202. The highest BCUT2D eigenvalue weighted by Crippen LogP contribution is 2.48. The van der Waals surface area contributed by atoms with E-state index in [1.54, 1.807) is 12.4 Å². The second kappa shape index (κ2) is 7.64. The Bertz CT molecular complexity index is 376. The zero-order valence-electron chi connectivity index (χ0n) is 11.2. The van der Waals surface area contributed by atoms with Crippen molar-refractivity contribution in [3.05, 3.63) is 30.1 Å². The van der Waals surface area contributed by atoms with Gasteiger partial charge in [-0.15, -0.1) is 0 Å². The summed E-state index contributed by atoms with van der Waals surface area (Å²) in [5, 5.41) is 0. The van der Waals surface area contributed by atoms with Crippen LogP contribution in [0.15, 0.2) is 24.5 Å². The van der Waals surface area contributed by atoms with E-state index in [2.05, 4.69) is 4.98 Å². The number of aromatic nitrogens is 1. The molecule has 18 heavy (non-hydrogen) atoms. The molecule has 0 atom stereocenters. The fourth-order valence-electron chi connectivity index (χ4n) is 1.66. The Morgan fingerprint density at radius 1 is 1.22 bits per heavy atom. The van der Waals surface area contributed by atoms with Crippen molar-refractivity contribution < 1.29 is 13.6 Å². The first-order chi connectivity index (χ1) is 8.59. The lowest BCUT2D eigenvalue weighted by Crippen LogP contribution is -2.21. The summed E-state index contributed by atoms with van der Waals surface area (Å²) in [7, 11) is -1.11. The van der Waals surface area contributed by atoms with E-state index >= 15 is 0 Å². The molecule has 0 aliphatic heterocycles. The highest BCUT2D eigenvalue weighted by atomic mass is 31.2. The molecule has 1 aromatic heterocycles. The van der Waals surface area contributed by atoms with E-state index < -0.39 is 7.60 Å². The predicted octanol–water partition coefficient (Wildman–Crippen LogP) is 2.74. The zero-order chi connectivity index (χ0) is 13.4. The molecule has 6 heteroatoms. The maximum Gasteiger partial charge on any atom is 0.344 e. The van der Waals surface area contributed by atoms with Crippen LogP contribution in [0, 0.1) is 0 Å².